The first-order valence-corrected chi connectivity index (χ1v) is 8.60. The van der Waals surface area contributed by atoms with Crippen LogP contribution in [0.3, 0.4) is 0 Å². The highest BCUT2D eigenvalue weighted by molar-refractivity contribution is 5.73. The number of ether oxygens (including phenoxy) is 2. The molecule has 134 valence electrons. The van der Waals surface area contributed by atoms with Gasteiger partial charge in [-0.25, -0.2) is 4.98 Å². The fourth-order valence-corrected chi connectivity index (χ4v) is 2.47. The summed E-state index contributed by atoms with van der Waals surface area (Å²) < 4.78 is 11.3. The maximum absolute atomic E-state index is 10.9. The van der Waals surface area contributed by atoms with Crippen LogP contribution in [0, 0.1) is 5.92 Å². The molecule has 0 spiro atoms. The molecule has 0 saturated heterocycles. The quantitative estimate of drug-likeness (QED) is 0.744. The lowest BCUT2D eigenvalue weighted by Crippen LogP contribution is -2.15. The van der Waals surface area contributed by atoms with Crippen LogP contribution in [0.2, 0.25) is 0 Å². The van der Waals surface area contributed by atoms with Crippen LogP contribution in [0.4, 0.5) is 0 Å². The van der Waals surface area contributed by atoms with Crippen LogP contribution in [0.15, 0.2) is 42.6 Å². The third kappa shape index (κ3) is 6.83. The van der Waals surface area contributed by atoms with Crippen molar-refractivity contribution < 1.29 is 14.3 Å². The minimum atomic E-state index is -0.242. The Hall–Kier alpha value is -2.56. The standard InChI is InChI=1S/C20H26N2O3/c1-14(2)24-18-10-11-20(22-13-18)25-17-8-6-16(7-9-17)5-4-15(3)12-19(21)23/h6-11,13-15H,4-5,12H2,1-3H3,(H2,21,23)/t15-/m1/s1. The number of nitrogens with zero attached hydrogens (tertiary/aromatic N) is 1. The first kappa shape index (κ1) is 18.8. The molecule has 0 bridgehead atoms. The molecule has 25 heavy (non-hydrogen) atoms. The van der Waals surface area contributed by atoms with E-state index in [0.717, 1.165) is 24.3 Å². The summed E-state index contributed by atoms with van der Waals surface area (Å²) in [6, 6.07) is 11.5. The molecule has 0 aliphatic rings. The molecule has 1 aromatic heterocycles. The summed E-state index contributed by atoms with van der Waals surface area (Å²) in [5.74, 6) is 2.04. The minimum Gasteiger partial charge on any atom is -0.489 e. The molecular formula is C20H26N2O3. The third-order valence-corrected chi connectivity index (χ3v) is 3.70. The second-order valence-corrected chi connectivity index (χ2v) is 6.56. The molecule has 2 rings (SSSR count). The van der Waals surface area contributed by atoms with E-state index in [1.54, 1.807) is 12.3 Å². The van der Waals surface area contributed by atoms with Gasteiger partial charge in [0.15, 0.2) is 0 Å². The smallest absolute Gasteiger partial charge is 0.219 e. The van der Waals surface area contributed by atoms with Gasteiger partial charge in [-0.2, -0.15) is 0 Å². The number of primary amides is 1. The second-order valence-electron chi connectivity index (χ2n) is 6.56. The Bertz CT molecular complexity index is 666. The van der Waals surface area contributed by atoms with E-state index in [2.05, 4.69) is 4.98 Å². The van der Waals surface area contributed by atoms with E-state index in [1.807, 2.05) is 51.1 Å². The number of carbonyl (C=O) groups is 1. The molecule has 1 atom stereocenters. The summed E-state index contributed by atoms with van der Waals surface area (Å²) in [6.45, 7) is 5.99. The van der Waals surface area contributed by atoms with Crippen molar-refractivity contribution in [3.63, 3.8) is 0 Å². The normalized spacial score (nSPS) is 12.0. The van der Waals surface area contributed by atoms with Crippen molar-refractivity contribution in [2.24, 2.45) is 11.7 Å². The Morgan fingerprint density at radius 2 is 1.76 bits per heavy atom. The highest BCUT2D eigenvalue weighted by atomic mass is 16.5. The summed E-state index contributed by atoms with van der Waals surface area (Å²) in [6.07, 6.45) is 4.05. The highest BCUT2D eigenvalue weighted by Crippen LogP contribution is 2.23. The van der Waals surface area contributed by atoms with Crippen LogP contribution in [-0.4, -0.2) is 17.0 Å². The average Bonchev–Trinajstić information content (AvgIpc) is 2.55. The Morgan fingerprint density at radius 1 is 1.08 bits per heavy atom. The van der Waals surface area contributed by atoms with E-state index in [9.17, 15) is 4.79 Å². The van der Waals surface area contributed by atoms with Crippen LogP contribution in [0.5, 0.6) is 17.4 Å². The molecule has 1 aromatic carbocycles. The number of hydrogen-bond acceptors (Lipinski definition) is 4. The van der Waals surface area contributed by atoms with Gasteiger partial charge in [0.25, 0.3) is 0 Å². The summed E-state index contributed by atoms with van der Waals surface area (Å²) >= 11 is 0. The van der Waals surface area contributed by atoms with Crippen molar-refractivity contribution >= 4 is 5.91 Å². The number of aromatic nitrogens is 1. The molecule has 1 amide bonds. The Kier molecular flexibility index (Phi) is 6.81. The van der Waals surface area contributed by atoms with Gasteiger partial charge in [0.1, 0.15) is 11.5 Å². The van der Waals surface area contributed by atoms with Gasteiger partial charge in [-0.05, 0) is 56.4 Å². The largest absolute Gasteiger partial charge is 0.489 e. The van der Waals surface area contributed by atoms with Crippen LogP contribution in [0.1, 0.15) is 39.2 Å². The molecule has 1 heterocycles. The zero-order chi connectivity index (χ0) is 18.2. The summed E-state index contributed by atoms with van der Waals surface area (Å²) in [4.78, 5) is 15.2. The lowest BCUT2D eigenvalue weighted by Gasteiger charge is -2.11. The lowest BCUT2D eigenvalue weighted by atomic mass is 9.98. The number of aryl methyl sites for hydroxylation is 1. The topological polar surface area (TPSA) is 74.4 Å². The summed E-state index contributed by atoms with van der Waals surface area (Å²) in [5.41, 5.74) is 6.42. The molecule has 0 fully saturated rings. The van der Waals surface area contributed by atoms with Crippen molar-refractivity contribution in [2.75, 3.05) is 0 Å². The van der Waals surface area contributed by atoms with Gasteiger partial charge in [0.05, 0.1) is 12.3 Å². The number of pyridine rings is 1. The maximum atomic E-state index is 10.9. The molecule has 0 aliphatic heterocycles. The van der Waals surface area contributed by atoms with Crippen molar-refractivity contribution in [1.29, 1.82) is 0 Å². The monoisotopic (exact) mass is 342 g/mol. The van der Waals surface area contributed by atoms with Crippen LogP contribution < -0.4 is 15.2 Å². The number of amides is 1. The van der Waals surface area contributed by atoms with Gasteiger partial charge in [0, 0.05) is 12.5 Å². The average molecular weight is 342 g/mol. The molecule has 5 heteroatoms. The summed E-state index contributed by atoms with van der Waals surface area (Å²) in [7, 11) is 0. The van der Waals surface area contributed by atoms with E-state index in [0.29, 0.717) is 18.2 Å². The van der Waals surface area contributed by atoms with Crippen molar-refractivity contribution in [3.05, 3.63) is 48.2 Å². The van der Waals surface area contributed by atoms with E-state index >= 15 is 0 Å². The molecule has 2 N–H and O–H groups in total. The van der Waals surface area contributed by atoms with E-state index < -0.39 is 0 Å². The molecule has 0 unspecified atom stereocenters. The zero-order valence-corrected chi connectivity index (χ0v) is 15.1. The molecule has 0 radical (unpaired) electrons. The molecule has 5 nitrogen and oxygen atoms in total. The predicted octanol–water partition coefficient (Wildman–Crippen LogP) is 4.11. The van der Waals surface area contributed by atoms with Gasteiger partial charge >= 0.3 is 0 Å². The number of nitrogens with two attached hydrogens (primary N) is 1. The van der Waals surface area contributed by atoms with E-state index in [-0.39, 0.29) is 12.0 Å². The van der Waals surface area contributed by atoms with Gasteiger partial charge in [-0.1, -0.05) is 19.1 Å². The van der Waals surface area contributed by atoms with Gasteiger partial charge < -0.3 is 15.2 Å². The van der Waals surface area contributed by atoms with Crippen molar-refractivity contribution in [1.82, 2.24) is 4.98 Å². The Labute approximate surface area is 149 Å². The number of rotatable bonds is 9. The Morgan fingerprint density at radius 3 is 2.32 bits per heavy atom. The Balaban J connectivity index is 1.86. The number of benzene rings is 1. The fraction of sp³-hybridized carbons (Fsp3) is 0.400. The first-order chi connectivity index (χ1) is 11.9. The van der Waals surface area contributed by atoms with Crippen molar-refractivity contribution in [2.45, 2.75) is 46.1 Å². The minimum absolute atomic E-state index is 0.117. The van der Waals surface area contributed by atoms with Gasteiger partial charge in [-0.3, -0.25) is 4.79 Å². The van der Waals surface area contributed by atoms with Gasteiger partial charge in [-0.15, -0.1) is 0 Å². The van der Waals surface area contributed by atoms with Gasteiger partial charge in [0.2, 0.25) is 11.8 Å². The van der Waals surface area contributed by atoms with Crippen LogP contribution in [-0.2, 0) is 11.2 Å². The van der Waals surface area contributed by atoms with E-state index in [1.165, 1.54) is 5.56 Å². The third-order valence-electron chi connectivity index (χ3n) is 3.70. The molecule has 2 aromatic rings. The summed E-state index contributed by atoms with van der Waals surface area (Å²) in [5, 5.41) is 0. The highest BCUT2D eigenvalue weighted by Gasteiger charge is 2.07. The zero-order valence-electron chi connectivity index (χ0n) is 15.1. The second kappa shape index (κ2) is 9.06. The fourth-order valence-electron chi connectivity index (χ4n) is 2.47. The maximum Gasteiger partial charge on any atom is 0.219 e. The molecular weight excluding hydrogens is 316 g/mol. The lowest BCUT2D eigenvalue weighted by molar-refractivity contribution is -0.118. The number of hydrogen-bond donors (Lipinski definition) is 1. The first-order valence-electron chi connectivity index (χ1n) is 8.60. The SMILES string of the molecule is CC(C)Oc1ccc(Oc2ccc(CC[C@@H](C)CC(N)=O)cc2)nc1. The molecule has 0 saturated carbocycles. The number of carbonyl (C=O) groups excluding carboxylic acids is 1. The van der Waals surface area contributed by atoms with E-state index in [4.69, 9.17) is 15.2 Å². The molecule has 0 aliphatic carbocycles. The van der Waals surface area contributed by atoms with Crippen LogP contribution in [0.25, 0.3) is 0 Å². The van der Waals surface area contributed by atoms with Crippen molar-refractivity contribution in [3.8, 4) is 17.4 Å². The predicted molar refractivity (Wildman–Crippen MR) is 97.8 cm³/mol. The van der Waals surface area contributed by atoms with Crippen LogP contribution >= 0.6 is 0 Å².